The summed E-state index contributed by atoms with van der Waals surface area (Å²) in [4.78, 5) is 28.8. The molecular weight excluding hydrogens is 426 g/mol. The molecular formula is C28H35N3O3. The van der Waals surface area contributed by atoms with Crippen molar-refractivity contribution in [2.75, 3.05) is 0 Å². The average Bonchev–Trinajstić information content (AvgIpc) is 2.75. The first kappa shape index (κ1) is 25.2. The van der Waals surface area contributed by atoms with Crippen LogP contribution in [0.5, 0.6) is 0 Å². The van der Waals surface area contributed by atoms with E-state index in [2.05, 4.69) is 49.5 Å². The van der Waals surface area contributed by atoms with Crippen molar-refractivity contribution in [3.8, 4) is 11.1 Å². The Morgan fingerprint density at radius 3 is 2.38 bits per heavy atom. The molecule has 0 spiro atoms. The number of hydrogen-bond acceptors (Lipinski definition) is 4. The van der Waals surface area contributed by atoms with Crippen molar-refractivity contribution in [1.82, 2.24) is 10.3 Å². The number of carbonyl (C=O) groups excluding carboxylic acids is 2. The number of nitrogens with one attached hydrogen (secondary N) is 1. The summed E-state index contributed by atoms with van der Waals surface area (Å²) >= 11 is 0. The molecule has 2 amide bonds. The van der Waals surface area contributed by atoms with Crippen LogP contribution in [-0.2, 0) is 28.9 Å². The first-order chi connectivity index (χ1) is 16.1. The van der Waals surface area contributed by atoms with Gasteiger partial charge in [0.05, 0.1) is 5.52 Å². The van der Waals surface area contributed by atoms with E-state index in [1.165, 1.54) is 5.56 Å². The summed E-state index contributed by atoms with van der Waals surface area (Å²) in [6.45, 7) is 10.0. The molecule has 0 fully saturated rings. The van der Waals surface area contributed by atoms with Crippen LogP contribution in [0.25, 0.3) is 22.0 Å². The molecule has 0 radical (unpaired) electrons. The molecule has 0 atom stereocenters. The number of ether oxygens (including phenoxy) is 1. The standard InChI is InChI=1S/C28H35N3O3/c1-6-7-23-22(17-30-27(33)34-28(3,4)5)26(20-12-8-18(2)9-13-20)21-16-19(11-15-25(29)32)10-14-24(21)31-23/h8-10,12-14,16H,6-7,11,15,17H2,1-5H3,(H2,29,32)(H,30,33). The second-order valence-electron chi connectivity index (χ2n) is 9.70. The van der Waals surface area contributed by atoms with Crippen LogP contribution in [0.3, 0.4) is 0 Å². The van der Waals surface area contributed by atoms with E-state index >= 15 is 0 Å². The maximum atomic E-state index is 12.5. The number of alkyl carbamates (subject to hydrolysis) is 1. The Balaban J connectivity index is 2.17. The molecule has 6 heteroatoms. The third-order valence-electron chi connectivity index (χ3n) is 5.53. The molecule has 2 aromatic carbocycles. The molecule has 0 unspecified atom stereocenters. The molecule has 3 rings (SSSR count). The summed E-state index contributed by atoms with van der Waals surface area (Å²) in [6.07, 6.45) is 2.13. The van der Waals surface area contributed by atoms with Crippen LogP contribution >= 0.6 is 0 Å². The van der Waals surface area contributed by atoms with Gasteiger partial charge >= 0.3 is 6.09 Å². The fourth-order valence-corrected chi connectivity index (χ4v) is 3.98. The highest BCUT2D eigenvalue weighted by molar-refractivity contribution is 5.97. The zero-order chi connectivity index (χ0) is 24.9. The molecule has 3 aromatic rings. The van der Waals surface area contributed by atoms with E-state index in [9.17, 15) is 9.59 Å². The minimum Gasteiger partial charge on any atom is -0.444 e. The third-order valence-corrected chi connectivity index (χ3v) is 5.53. The number of nitrogens with zero attached hydrogens (tertiary/aromatic N) is 1. The van der Waals surface area contributed by atoms with Gasteiger partial charge in [0.25, 0.3) is 0 Å². The van der Waals surface area contributed by atoms with Crippen molar-refractivity contribution < 1.29 is 14.3 Å². The molecule has 0 aliphatic rings. The number of pyridine rings is 1. The number of carbonyl (C=O) groups is 2. The summed E-state index contributed by atoms with van der Waals surface area (Å²) in [7, 11) is 0. The Morgan fingerprint density at radius 2 is 1.76 bits per heavy atom. The van der Waals surface area contributed by atoms with Crippen molar-refractivity contribution in [2.45, 2.75) is 72.4 Å². The van der Waals surface area contributed by atoms with Crippen molar-refractivity contribution >= 4 is 22.9 Å². The predicted molar refractivity (Wildman–Crippen MR) is 137 cm³/mol. The van der Waals surface area contributed by atoms with Gasteiger partial charge in [0.15, 0.2) is 0 Å². The lowest BCUT2D eigenvalue weighted by atomic mass is 9.91. The van der Waals surface area contributed by atoms with Gasteiger partial charge in [-0.2, -0.15) is 0 Å². The van der Waals surface area contributed by atoms with Gasteiger partial charge in [0.2, 0.25) is 5.91 Å². The molecule has 1 heterocycles. The summed E-state index contributed by atoms with van der Waals surface area (Å²) in [5, 5.41) is 3.93. The molecule has 1 aromatic heterocycles. The maximum absolute atomic E-state index is 12.5. The number of benzene rings is 2. The molecule has 34 heavy (non-hydrogen) atoms. The highest BCUT2D eigenvalue weighted by Crippen LogP contribution is 2.35. The summed E-state index contributed by atoms with van der Waals surface area (Å²) in [6, 6.07) is 14.5. The minimum absolute atomic E-state index is 0.291. The van der Waals surface area contributed by atoms with Gasteiger partial charge in [-0.05, 0) is 69.4 Å². The number of aryl methyl sites for hydroxylation is 3. The lowest BCUT2D eigenvalue weighted by molar-refractivity contribution is -0.118. The van der Waals surface area contributed by atoms with E-state index in [0.29, 0.717) is 19.4 Å². The summed E-state index contributed by atoms with van der Waals surface area (Å²) in [5.74, 6) is -0.322. The normalized spacial score (nSPS) is 11.4. The molecule has 0 aliphatic heterocycles. The lowest BCUT2D eigenvalue weighted by Gasteiger charge is -2.22. The molecule has 0 saturated heterocycles. The monoisotopic (exact) mass is 461 g/mol. The molecule has 0 aliphatic carbocycles. The zero-order valence-electron chi connectivity index (χ0n) is 20.8. The van der Waals surface area contributed by atoms with Crippen LogP contribution in [0.1, 0.15) is 62.9 Å². The number of fused-ring (bicyclic) bond motifs is 1. The number of amides is 2. The Morgan fingerprint density at radius 1 is 1.06 bits per heavy atom. The summed E-state index contributed by atoms with van der Waals surface area (Å²) in [5.41, 5.74) is 11.9. The van der Waals surface area contributed by atoms with E-state index in [-0.39, 0.29) is 5.91 Å². The smallest absolute Gasteiger partial charge is 0.407 e. The lowest BCUT2D eigenvalue weighted by Crippen LogP contribution is -2.32. The fourth-order valence-electron chi connectivity index (χ4n) is 3.98. The average molecular weight is 462 g/mol. The number of hydrogen-bond donors (Lipinski definition) is 2. The Bertz CT molecular complexity index is 1180. The third kappa shape index (κ3) is 6.56. The number of primary amides is 1. The molecule has 180 valence electrons. The van der Waals surface area contributed by atoms with Crippen LogP contribution in [0.2, 0.25) is 0 Å². The van der Waals surface area contributed by atoms with E-state index in [4.69, 9.17) is 15.5 Å². The number of rotatable bonds is 8. The van der Waals surface area contributed by atoms with Gasteiger partial charge < -0.3 is 15.8 Å². The van der Waals surface area contributed by atoms with Gasteiger partial charge in [0.1, 0.15) is 5.60 Å². The highest BCUT2D eigenvalue weighted by Gasteiger charge is 2.20. The Kier molecular flexibility index (Phi) is 7.92. The first-order valence-electron chi connectivity index (χ1n) is 11.8. The SMILES string of the molecule is CCCc1nc2ccc(CCC(N)=O)cc2c(-c2ccc(C)cc2)c1CNC(=O)OC(C)(C)C. The predicted octanol–water partition coefficient (Wildman–Crippen LogP) is 5.61. The summed E-state index contributed by atoms with van der Waals surface area (Å²) < 4.78 is 5.47. The van der Waals surface area contributed by atoms with E-state index in [1.54, 1.807) is 0 Å². The van der Waals surface area contributed by atoms with Crippen molar-refractivity contribution in [2.24, 2.45) is 5.73 Å². The van der Waals surface area contributed by atoms with Crippen LogP contribution in [0.4, 0.5) is 4.79 Å². The number of nitrogens with two attached hydrogens (primary N) is 1. The topological polar surface area (TPSA) is 94.3 Å². The van der Waals surface area contributed by atoms with Gasteiger partial charge in [-0.3, -0.25) is 9.78 Å². The zero-order valence-corrected chi connectivity index (χ0v) is 20.8. The van der Waals surface area contributed by atoms with E-state index < -0.39 is 11.7 Å². The number of aromatic nitrogens is 1. The van der Waals surface area contributed by atoms with Crippen LogP contribution < -0.4 is 11.1 Å². The largest absolute Gasteiger partial charge is 0.444 e. The van der Waals surface area contributed by atoms with E-state index in [1.807, 2.05) is 32.9 Å². The van der Waals surface area contributed by atoms with Gasteiger partial charge in [-0.1, -0.05) is 49.2 Å². The van der Waals surface area contributed by atoms with Crippen LogP contribution in [0.15, 0.2) is 42.5 Å². The Labute approximate surface area is 201 Å². The van der Waals surface area contributed by atoms with Gasteiger partial charge in [-0.15, -0.1) is 0 Å². The van der Waals surface area contributed by atoms with Gasteiger partial charge in [0, 0.05) is 29.6 Å². The van der Waals surface area contributed by atoms with Crippen LogP contribution in [0, 0.1) is 6.92 Å². The highest BCUT2D eigenvalue weighted by atomic mass is 16.6. The molecule has 3 N–H and O–H groups in total. The second-order valence-corrected chi connectivity index (χ2v) is 9.70. The maximum Gasteiger partial charge on any atom is 0.407 e. The van der Waals surface area contributed by atoms with Crippen molar-refractivity contribution in [3.05, 3.63) is 64.8 Å². The van der Waals surface area contributed by atoms with Crippen LogP contribution in [-0.4, -0.2) is 22.6 Å². The molecule has 0 bridgehead atoms. The molecule has 0 saturated carbocycles. The van der Waals surface area contributed by atoms with Crippen molar-refractivity contribution in [3.63, 3.8) is 0 Å². The van der Waals surface area contributed by atoms with E-state index in [0.717, 1.165) is 51.7 Å². The fraction of sp³-hybridized carbons (Fsp3) is 0.393. The molecule has 6 nitrogen and oxygen atoms in total. The Hall–Kier alpha value is -3.41. The minimum atomic E-state index is -0.576. The second kappa shape index (κ2) is 10.7. The first-order valence-corrected chi connectivity index (χ1v) is 11.8. The van der Waals surface area contributed by atoms with Crippen molar-refractivity contribution in [1.29, 1.82) is 0 Å². The quantitative estimate of drug-likeness (QED) is 0.456. The van der Waals surface area contributed by atoms with Gasteiger partial charge in [-0.25, -0.2) is 4.79 Å².